The number of hydrogen-bond acceptors (Lipinski definition) is 3. The van der Waals surface area contributed by atoms with Crippen LogP contribution in [0.15, 0.2) is 35.3 Å². The summed E-state index contributed by atoms with van der Waals surface area (Å²) >= 11 is 0. The maximum atomic E-state index is 5.39. The Morgan fingerprint density at radius 2 is 1.92 bits per heavy atom. The van der Waals surface area contributed by atoms with Crippen molar-refractivity contribution < 1.29 is 4.74 Å². The van der Waals surface area contributed by atoms with Crippen molar-refractivity contribution >= 4 is 5.96 Å². The highest BCUT2D eigenvalue weighted by Gasteiger charge is 2.23. The molecule has 140 valence electrons. The van der Waals surface area contributed by atoms with Gasteiger partial charge in [0, 0.05) is 26.3 Å². The molecule has 1 aliphatic heterocycles. The van der Waals surface area contributed by atoms with E-state index in [0.717, 1.165) is 45.2 Å². The van der Waals surface area contributed by atoms with Gasteiger partial charge in [0.1, 0.15) is 0 Å². The number of benzene rings is 1. The summed E-state index contributed by atoms with van der Waals surface area (Å²) in [5, 5.41) is 6.77. The van der Waals surface area contributed by atoms with Gasteiger partial charge in [-0.3, -0.25) is 9.89 Å². The number of nitrogens with one attached hydrogen (secondary N) is 2. The normalized spacial score (nSPS) is 16.8. The summed E-state index contributed by atoms with van der Waals surface area (Å²) in [6, 6.07) is 11.1. The molecule has 1 aromatic rings. The second kappa shape index (κ2) is 11.9. The summed E-state index contributed by atoms with van der Waals surface area (Å²) in [5.41, 5.74) is 1.36. The highest BCUT2D eigenvalue weighted by atomic mass is 16.5. The second-order valence-electron chi connectivity index (χ2n) is 6.37. The van der Waals surface area contributed by atoms with Crippen LogP contribution in [-0.4, -0.2) is 56.8 Å². The molecule has 0 aliphatic carbocycles. The van der Waals surface area contributed by atoms with Crippen molar-refractivity contribution in [3.63, 3.8) is 0 Å². The van der Waals surface area contributed by atoms with E-state index in [1.165, 1.54) is 31.5 Å². The molecule has 1 unspecified atom stereocenters. The summed E-state index contributed by atoms with van der Waals surface area (Å²) in [5.74, 6) is 0.902. The van der Waals surface area contributed by atoms with Gasteiger partial charge in [-0.1, -0.05) is 30.3 Å². The highest BCUT2D eigenvalue weighted by molar-refractivity contribution is 5.79. The summed E-state index contributed by atoms with van der Waals surface area (Å²) in [6.07, 6.45) is 3.58. The molecule has 0 spiro atoms. The lowest BCUT2D eigenvalue weighted by molar-refractivity contribution is 0.145. The van der Waals surface area contributed by atoms with E-state index in [-0.39, 0.29) is 0 Å². The van der Waals surface area contributed by atoms with Crippen LogP contribution < -0.4 is 10.6 Å². The van der Waals surface area contributed by atoms with Gasteiger partial charge >= 0.3 is 0 Å². The van der Waals surface area contributed by atoms with E-state index in [4.69, 9.17) is 9.73 Å². The Morgan fingerprint density at radius 1 is 1.16 bits per heavy atom. The highest BCUT2D eigenvalue weighted by Crippen LogP contribution is 2.25. The molecule has 1 aromatic carbocycles. The minimum Gasteiger partial charge on any atom is -0.382 e. The molecule has 5 nitrogen and oxygen atoms in total. The molecule has 1 atom stereocenters. The van der Waals surface area contributed by atoms with Crippen molar-refractivity contribution in [3.05, 3.63) is 35.9 Å². The number of ether oxygens (including phenoxy) is 1. The first-order valence-electron chi connectivity index (χ1n) is 9.74. The predicted molar refractivity (Wildman–Crippen MR) is 105 cm³/mol. The van der Waals surface area contributed by atoms with E-state index in [9.17, 15) is 0 Å². The Bertz CT molecular complexity index is 486. The molecule has 1 aliphatic rings. The van der Waals surface area contributed by atoms with Crippen molar-refractivity contribution in [2.45, 2.75) is 39.2 Å². The molecule has 2 rings (SSSR count). The first kappa shape index (κ1) is 19.7. The molecule has 0 aromatic heterocycles. The van der Waals surface area contributed by atoms with Gasteiger partial charge in [0.25, 0.3) is 0 Å². The standard InChI is InChI=1S/C20H34N4O/c1-3-21-20(22-13-10-16-25-4-2)23-17-19(24-14-8-9-15-24)18-11-6-5-7-12-18/h5-7,11-12,19H,3-4,8-10,13-17H2,1-2H3,(H2,21,22,23). The number of aliphatic imine (C=N–C) groups is 1. The van der Waals surface area contributed by atoms with E-state index in [1.54, 1.807) is 0 Å². The number of hydrogen-bond donors (Lipinski definition) is 2. The van der Waals surface area contributed by atoms with Crippen LogP contribution in [0.1, 0.15) is 44.7 Å². The Morgan fingerprint density at radius 3 is 2.60 bits per heavy atom. The SMILES string of the molecule is CCNC(=NCC(c1ccccc1)N1CCCC1)NCCCOCC. The number of rotatable bonds is 10. The molecule has 25 heavy (non-hydrogen) atoms. The van der Waals surface area contributed by atoms with Crippen molar-refractivity contribution in [3.8, 4) is 0 Å². The molecular weight excluding hydrogens is 312 g/mol. The van der Waals surface area contributed by atoms with Crippen molar-refractivity contribution in [1.82, 2.24) is 15.5 Å². The zero-order valence-corrected chi connectivity index (χ0v) is 15.8. The third kappa shape index (κ3) is 7.04. The third-order valence-corrected chi connectivity index (χ3v) is 4.49. The zero-order chi connectivity index (χ0) is 17.7. The molecule has 2 N–H and O–H groups in total. The predicted octanol–water partition coefficient (Wildman–Crippen LogP) is 2.81. The minimum atomic E-state index is 0.364. The molecule has 0 amide bonds. The average molecular weight is 347 g/mol. The molecular formula is C20H34N4O. The van der Waals surface area contributed by atoms with Crippen LogP contribution in [0.5, 0.6) is 0 Å². The van der Waals surface area contributed by atoms with Gasteiger partial charge < -0.3 is 15.4 Å². The van der Waals surface area contributed by atoms with Gasteiger partial charge in [0.15, 0.2) is 5.96 Å². The molecule has 1 heterocycles. The molecule has 5 heteroatoms. The van der Waals surface area contributed by atoms with Crippen LogP contribution in [0, 0.1) is 0 Å². The molecule has 0 radical (unpaired) electrons. The first-order valence-corrected chi connectivity index (χ1v) is 9.74. The van der Waals surface area contributed by atoms with Crippen molar-refractivity contribution in [2.24, 2.45) is 4.99 Å². The van der Waals surface area contributed by atoms with E-state index in [0.29, 0.717) is 6.04 Å². The monoisotopic (exact) mass is 346 g/mol. The molecule has 1 fully saturated rings. The van der Waals surface area contributed by atoms with E-state index in [1.807, 2.05) is 6.92 Å². The molecule has 0 bridgehead atoms. The van der Waals surface area contributed by atoms with Gasteiger partial charge in [0.05, 0.1) is 12.6 Å². The lowest BCUT2D eigenvalue weighted by Crippen LogP contribution is -2.39. The number of likely N-dealkylation sites (tertiary alicyclic amines) is 1. The van der Waals surface area contributed by atoms with Gasteiger partial charge in [0.2, 0.25) is 0 Å². The van der Waals surface area contributed by atoms with Gasteiger partial charge in [-0.2, -0.15) is 0 Å². The lowest BCUT2D eigenvalue weighted by atomic mass is 10.1. The minimum absolute atomic E-state index is 0.364. The molecule has 0 saturated carbocycles. The zero-order valence-electron chi connectivity index (χ0n) is 15.8. The van der Waals surface area contributed by atoms with E-state index >= 15 is 0 Å². The largest absolute Gasteiger partial charge is 0.382 e. The topological polar surface area (TPSA) is 48.9 Å². The average Bonchev–Trinajstić information content (AvgIpc) is 3.17. The van der Waals surface area contributed by atoms with Crippen LogP contribution in [0.2, 0.25) is 0 Å². The third-order valence-electron chi connectivity index (χ3n) is 4.49. The van der Waals surface area contributed by atoms with E-state index < -0.39 is 0 Å². The fourth-order valence-corrected chi connectivity index (χ4v) is 3.21. The lowest BCUT2D eigenvalue weighted by Gasteiger charge is -2.27. The molecule has 1 saturated heterocycles. The quantitative estimate of drug-likeness (QED) is 0.389. The van der Waals surface area contributed by atoms with Crippen LogP contribution in [-0.2, 0) is 4.74 Å². The smallest absolute Gasteiger partial charge is 0.191 e. The number of nitrogens with zero attached hydrogens (tertiary/aromatic N) is 2. The Labute approximate surface area is 152 Å². The fraction of sp³-hybridized carbons (Fsp3) is 0.650. The van der Waals surface area contributed by atoms with Crippen LogP contribution in [0.3, 0.4) is 0 Å². The fourth-order valence-electron chi connectivity index (χ4n) is 3.21. The summed E-state index contributed by atoms with van der Waals surface area (Å²) in [6.45, 7) is 10.6. The van der Waals surface area contributed by atoms with E-state index in [2.05, 4.69) is 52.8 Å². The summed E-state index contributed by atoms with van der Waals surface area (Å²) in [4.78, 5) is 7.43. The Balaban J connectivity index is 1.95. The summed E-state index contributed by atoms with van der Waals surface area (Å²) < 4.78 is 5.39. The van der Waals surface area contributed by atoms with Crippen LogP contribution in [0.25, 0.3) is 0 Å². The van der Waals surface area contributed by atoms with Crippen LogP contribution >= 0.6 is 0 Å². The Hall–Kier alpha value is -1.59. The Kier molecular flexibility index (Phi) is 9.37. The van der Waals surface area contributed by atoms with Crippen molar-refractivity contribution in [2.75, 3.05) is 45.9 Å². The maximum Gasteiger partial charge on any atom is 0.191 e. The first-order chi connectivity index (χ1) is 12.3. The maximum absolute atomic E-state index is 5.39. The second-order valence-corrected chi connectivity index (χ2v) is 6.37. The number of guanidine groups is 1. The summed E-state index contributed by atoms with van der Waals surface area (Å²) in [7, 11) is 0. The van der Waals surface area contributed by atoms with Gasteiger partial charge in [-0.05, 0) is 51.8 Å². The van der Waals surface area contributed by atoms with Crippen LogP contribution in [0.4, 0.5) is 0 Å². The van der Waals surface area contributed by atoms with Gasteiger partial charge in [-0.25, -0.2) is 0 Å². The van der Waals surface area contributed by atoms with Crippen molar-refractivity contribution in [1.29, 1.82) is 0 Å². The van der Waals surface area contributed by atoms with Gasteiger partial charge in [-0.15, -0.1) is 0 Å².